The zero-order valence-electron chi connectivity index (χ0n) is 17.9. The van der Waals surface area contributed by atoms with Crippen LogP contribution in [-0.2, 0) is 20.8 Å². The van der Waals surface area contributed by atoms with Crippen molar-refractivity contribution in [3.8, 4) is 0 Å². The summed E-state index contributed by atoms with van der Waals surface area (Å²) in [5, 5.41) is 4.29. The number of imide groups is 1. The molecule has 0 radical (unpaired) electrons. The third kappa shape index (κ3) is 5.86. The molecule has 6 heteroatoms. The second-order valence-corrected chi connectivity index (χ2v) is 7.33. The van der Waals surface area contributed by atoms with E-state index in [1.54, 1.807) is 6.08 Å². The van der Waals surface area contributed by atoms with E-state index in [0.717, 1.165) is 28.0 Å². The highest BCUT2D eigenvalue weighted by atomic mass is 16.2. The van der Waals surface area contributed by atoms with Crippen LogP contribution in [0, 0.1) is 5.92 Å². The third-order valence-corrected chi connectivity index (χ3v) is 5.15. The molecule has 6 nitrogen and oxygen atoms in total. The van der Waals surface area contributed by atoms with Crippen molar-refractivity contribution in [1.82, 2.24) is 10.3 Å². The molecule has 1 aromatic carbocycles. The Hall–Kier alpha value is -3.28. The van der Waals surface area contributed by atoms with Crippen molar-refractivity contribution in [3.63, 3.8) is 0 Å². The minimum absolute atomic E-state index is 0.162. The molecule has 1 aliphatic heterocycles. The molecule has 0 spiro atoms. The second-order valence-electron chi connectivity index (χ2n) is 7.33. The minimum atomic E-state index is -0.259. The Balaban J connectivity index is 2.31. The van der Waals surface area contributed by atoms with Gasteiger partial charge in [-0.25, -0.2) is 5.43 Å². The fraction of sp³-hybridized carbons (Fsp3) is 0.333. The molecule has 2 rings (SSSR count). The lowest BCUT2D eigenvalue weighted by Crippen LogP contribution is -2.29. The van der Waals surface area contributed by atoms with Crippen molar-refractivity contribution in [3.05, 3.63) is 71.5 Å². The van der Waals surface area contributed by atoms with Crippen molar-refractivity contribution in [2.24, 2.45) is 11.0 Å². The Morgan fingerprint density at radius 3 is 2.73 bits per heavy atom. The summed E-state index contributed by atoms with van der Waals surface area (Å²) in [6.07, 6.45) is 7.52. The van der Waals surface area contributed by atoms with Crippen LogP contribution in [0.25, 0.3) is 0 Å². The molecule has 1 N–H and O–H groups in total. The Bertz CT molecular complexity index is 912. The highest BCUT2D eigenvalue weighted by molar-refractivity contribution is 6.05. The number of amides is 3. The van der Waals surface area contributed by atoms with Crippen LogP contribution in [0.2, 0.25) is 0 Å². The number of allylic oxidation sites excluding steroid dienone is 4. The zero-order valence-corrected chi connectivity index (χ0v) is 17.9. The van der Waals surface area contributed by atoms with Gasteiger partial charge >= 0.3 is 0 Å². The number of rotatable bonds is 9. The van der Waals surface area contributed by atoms with Gasteiger partial charge in [-0.3, -0.25) is 19.3 Å². The maximum Gasteiger partial charge on any atom is 0.244 e. The molecule has 0 fully saturated rings. The van der Waals surface area contributed by atoms with Gasteiger partial charge in [0.25, 0.3) is 0 Å². The Morgan fingerprint density at radius 1 is 1.37 bits per heavy atom. The molecule has 1 heterocycles. The summed E-state index contributed by atoms with van der Waals surface area (Å²) in [6, 6.07) is 7.66. The van der Waals surface area contributed by atoms with E-state index in [9.17, 15) is 14.4 Å². The van der Waals surface area contributed by atoms with Gasteiger partial charge in [-0.15, -0.1) is 0 Å². The predicted molar refractivity (Wildman–Crippen MR) is 118 cm³/mol. The van der Waals surface area contributed by atoms with Gasteiger partial charge in [0, 0.05) is 18.4 Å². The highest BCUT2D eigenvalue weighted by Gasteiger charge is 2.20. The first-order valence-electron chi connectivity index (χ1n) is 10.1. The predicted octanol–water partition coefficient (Wildman–Crippen LogP) is 3.89. The Kier molecular flexibility index (Phi) is 8.47. The summed E-state index contributed by atoms with van der Waals surface area (Å²) in [5.41, 5.74) is 6.37. The zero-order chi connectivity index (χ0) is 22.1. The number of carbonyl (C=O) groups is 3. The maximum absolute atomic E-state index is 12.6. The second kappa shape index (κ2) is 11.0. The van der Waals surface area contributed by atoms with Crippen LogP contribution >= 0.6 is 0 Å². The van der Waals surface area contributed by atoms with Crippen LogP contribution in [0.15, 0.2) is 65.4 Å². The van der Waals surface area contributed by atoms with Crippen molar-refractivity contribution < 1.29 is 14.4 Å². The molecule has 0 bridgehead atoms. The topological polar surface area (TPSA) is 78.8 Å². The summed E-state index contributed by atoms with van der Waals surface area (Å²) in [5.74, 6) is -0.234. The average Bonchev–Trinajstić information content (AvgIpc) is 2.90. The van der Waals surface area contributed by atoms with Crippen molar-refractivity contribution >= 4 is 23.9 Å². The average molecular weight is 408 g/mol. The number of hydrazone groups is 1. The fourth-order valence-electron chi connectivity index (χ4n) is 3.14. The minimum Gasteiger partial charge on any atom is -0.278 e. The van der Waals surface area contributed by atoms with Crippen molar-refractivity contribution in [1.29, 1.82) is 0 Å². The molecule has 1 aliphatic rings. The molecule has 158 valence electrons. The molecule has 1 aromatic rings. The molecular weight excluding hydrogens is 378 g/mol. The van der Waals surface area contributed by atoms with E-state index < -0.39 is 0 Å². The normalized spacial score (nSPS) is 15.3. The lowest BCUT2D eigenvalue weighted by molar-refractivity contribution is -0.136. The first-order chi connectivity index (χ1) is 14.4. The van der Waals surface area contributed by atoms with E-state index in [1.807, 2.05) is 51.1 Å². The quantitative estimate of drug-likeness (QED) is 0.498. The van der Waals surface area contributed by atoms with Gasteiger partial charge in [0.1, 0.15) is 0 Å². The standard InChI is InChI=1S/C24H29N3O3/c1-5-17(4)12-24(30)27(16-28)20(7-3)13-18(6-2)14-22-21-11-9-8-10-19(21)15-23(29)26-25-22/h6-11,13,16-17H,3,5,12,14-15H2,1-2,4H3,(H,26,29)/b18-6+,20-13+. The summed E-state index contributed by atoms with van der Waals surface area (Å²) >= 11 is 0. The molecule has 0 saturated carbocycles. The van der Waals surface area contributed by atoms with Crippen LogP contribution in [0.4, 0.5) is 0 Å². The number of nitrogens with zero attached hydrogens (tertiary/aromatic N) is 2. The van der Waals surface area contributed by atoms with Gasteiger partial charge in [-0.1, -0.05) is 57.2 Å². The molecule has 1 unspecified atom stereocenters. The molecule has 0 aliphatic carbocycles. The number of benzene rings is 1. The molecular formula is C24H29N3O3. The SMILES string of the molecule is C=C/C(=C\C(=C/C)CC1=NNC(=O)Cc2ccccc21)N(C=O)C(=O)CC(C)CC. The molecule has 3 amide bonds. The number of fused-ring (bicyclic) bond motifs is 1. The lowest BCUT2D eigenvalue weighted by atomic mass is 9.95. The third-order valence-electron chi connectivity index (χ3n) is 5.15. The van der Waals surface area contributed by atoms with Crippen molar-refractivity contribution in [2.75, 3.05) is 0 Å². The van der Waals surface area contributed by atoms with Gasteiger partial charge in [-0.05, 0) is 36.1 Å². The Labute approximate surface area is 178 Å². The maximum atomic E-state index is 12.6. The Morgan fingerprint density at radius 2 is 2.10 bits per heavy atom. The fourth-order valence-corrected chi connectivity index (χ4v) is 3.14. The van der Waals surface area contributed by atoms with E-state index in [-0.39, 0.29) is 30.6 Å². The molecule has 30 heavy (non-hydrogen) atoms. The van der Waals surface area contributed by atoms with Gasteiger partial charge in [0.05, 0.1) is 17.8 Å². The first kappa shape index (κ1) is 23.0. The van der Waals surface area contributed by atoms with Crippen LogP contribution < -0.4 is 5.43 Å². The first-order valence-corrected chi connectivity index (χ1v) is 10.1. The van der Waals surface area contributed by atoms with E-state index in [4.69, 9.17) is 0 Å². The summed E-state index contributed by atoms with van der Waals surface area (Å²) in [6.45, 7) is 9.63. The molecule has 0 aromatic heterocycles. The van der Waals surface area contributed by atoms with E-state index in [1.165, 1.54) is 6.08 Å². The highest BCUT2D eigenvalue weighted by Crippen LogP contribution is 2.21. The summed E-state index contributed by atoms with van der Waals surface area (Å²) in [7, 11) is 0. The summed E-state index contributed by atoms with van der Waals surface area (Å²) in [4.78, 5) is 37.3. The number of nitrogens with one attached hydrogen (secondary N) is 1. The summed E-state index contributed by atoms with van der Waals surface area (Å²) < 4.78 is 0. The van der Waals surface area contributed by atoms with Crippen molar-refractivity contribution in [2.45, 2.75) is 46.5 Å². The number of hydrogen-bond donors (Lipinski definition) is 1. The van der Waals surface area contributed by atoms with Gasteiger partial charge in [0.15, 0.2) is 0 Å². The van der Waals surface area contributed by atoms with Gasteiger partial charge < -0.3 is 0 Å². The van der Waals surface area contributed by atoms with Crippen LogP contribution in [0.1, 0.15) is 51.2 Å². The lowest BCUT2D eigenvalue weighted by Gasteiger charge is -2.19. The molecule has 1 atom stereocenters. The van der Waals surface area contributed by atoms with Gasteiger partial charge in [-0.2, -0.15) is 5.10 Å². The molecule has 0 saturated heterocycles. The largest absolute Gasteiger partial charge is 0.278 e. The number of carbonyl (C=O) groups excluding carboxylic acids is 3. The van der Waals surface area contributed by atoms with Crippen LogP contribution in [0.5, 0.6) is 0 Å². The van der Waals surface area contributed by atoms with E-state index in [2.05, 4.69) is 17.1 Å². The van der Waals surface area contributed by atoms with E-state index >= 15 is 0 Å². The van der Waals surface area contributed by atoms with E-state index in [0.29, 0.717) is 24.2 Å². The van der Waals surface area contributed by atoms with Crippen LogP contribution in [-0.4, -0.2) is 28.8 Å². The van der Waals surface area contributed by atoms with Gasteiger partial charge in [0.2, 0.25) is 18.2 Å². The van der Waals surface area contributed by atoms with Crippen LogP contribution in [0.3, 0.4) is 0 Å². The monoisotopic (exact) mass is 407 g/mol. The number of hydrogen-bond acceptors (Lipinski definition) is 4. The smallest absolute Gasteiger partial charge is 0.244 e.